The molecule has 2 aromatic rings. The van der Waals surface area contributed by atoms with Crippen molar-refractivity contribution in [2.45, 2.75) is 6.92 Å². The molecule has 0 radical (unpaired) electrons. The molecule has 5 heteroatoms. The average Bonchev–Trinajstić information content (AvgIpc) is 2.37. The average molecular weight is 262 g/mol. The lowest BCUT2D eigenvalue weighted by Crippen LogP contribution is -1.89. The number of imidazole rings is 1. The summed E-state index contributed by atoms with van der Waals surface area (Å²) in [6.07, 6.45) is 0. The zero-order chi connectivity index (χ0) is 9.59. The van der Waals surface area contributed by atoms with E-state index < -0.39 is 0 Å². The number of fused-ring (bicyclic) bond motifs is 1. The molecule has 68 valence electrons. The molecule has 2 rings (SSSR count). The fourth-order valence-corrected chi connectivity index (χ4v) is 1.78. The number of aryl methyl sites for hydroxylation is 1. The lowest BCUT2D eigenvalue weighted by atomic mass is 10.4. The van der Waals surface area contributed by atoms with E-state index in [1.165, 1.54) is 0 Å². The first-order valence-electron chi connectivity index (χ1n) is 3.63. The van der Waals surface area contributed by atoms with E-state index in [4.69, 9.17) is 11.6 Å². The van der Waals surface area contributed by atoms with Crippen molar-refractivity contribution in [1.29, 1.82) is 0 Å². The van der Waals surface area contributed by atoms with Crippen LogP contribution in [0.1, 0.15) is 5.69 Å². The number of aromatic nitrogens is 2. The van der Waals surface area contributed by atoms with E-state index in [1.807, 2.05) is 0 Å². The van der Waals surface area contributed by atoms with E-state index >= 15 is 0 Å². The van der Waals surface area contributed by atoms with Crippen molar-refractivity contribution in [3.8, 4) is 5.88 Å². The van der Waals surface area contributed by atoms with E-state index in [1.54, 1.807) is 23.5 Å². The van der Waals surface area contributed by atoms with Crippen LogP contribution in [0.4, 0.5) is 0 Å². The van der Waals surface area contributed by atoms with Gasteiger partial charge in [0.25, 0.3) is 0 Å². The molecule has 0 aliphatic rings. The molecule has 0 atom stereocenters. The highest BCUT2D eigenvalue weighted by Gasteiger charge is 2.10. The van der Waals surface area contributed by atoms with Crippen LogP contribution in [0.2, 0.25) is 5.15 Å². The van der Waals surface area contributed by atoms with Crippen molar-refractivity contribution in [1.82, 2.24) is 9.38 Å². The Morgan fingerprint density at radius 1 is 1.54 bits per heavy atom. The smallest absolute Gasteiger partial charge is 0.233 e. The number of hydrogen-bond acceptors (Lipinski definition) is 2. The second-order valence-electron chi connectivity index (χ2n) is 2.69. The molecule has 0 fully saturated rings. The Kier molecular flexibility index (Phi) is 1.96. The van der Waals surface area contributed by atoms with Crippen molar-refractivity contribution in [3.63, 3.8) is 0 Å². The van der Waals surface area contributed by atoms with Crippen molar-refractivity contribution >= 4 is 33.2 Å². The van der Waals surface area contributed by atoms with Gasteiger partial charge in [-0.25, -0.2) is 0 Å². The summed E-state index contributed by atoms with van der Waals surface area (Å²) in [6.45, 7) is 1.76. The van der Waals surface area contributed by atoms with Crippen LogP contribution in [0.3, 0.4) is 0 Å². The van der Waals surface area contributed by atoms with Crippen LogP contribution in [0.25, 0.3) is 5.65 Å². The Balaban J connectivity index is 2.97. The van der Waals surface area contributed by atoms with E-state index in [9.17, 15) is 5.11 Å². The summed E-state index contributed by atoms with van der Waals surface area (Å²) >= 11 is 9.31. The molecule has 2 heterocycles. The van der Waals surface area contributed by atoms with Gasteiger partial charge in [-0.05, 0) is 35.0 Å². The fraction of sp³-hybridized carbons (Fsp3) is 0.125. The maximum Gasteiger partial charge on any atom is 0.233 e. The number of halogens is 2. The van der Waals surface area contributed by atoms with Crippen LogP contribution in [0, 0.1) is 6.92 Å². The molecule has 0 aromatic carbocycles. The molecule has 3 nitrogen and oxygen atoms in total. The normalized spacial score (nSPS) is 11.0. The molecule has 13 heavy (non-hydrogen) atoms. The fourth-order valence-electron chi connectivity index (χ4n) is 1.19. The maximum atomic E-state index is 9.35. The van der Waals surface area contributed by atoms with Gasteiger partial charge in [-0.3, -0.25) is 4.40 Å². The first kappa shape index (κ1) is 8.84. The summed E-state index contributed by atoms with van der Waals surface area (Å²) in [5.41, 5.74) is 1.28. The molecule has 0 bridgehead atoms. The number of nitrogens with zero attached hydrogens (tertiary/aromatic N) is 2. The van der Waals surface area contributed by atoms with Gasteiger partial charge in [0.15, 0.2) is 0 Å². The lowest BCUT2D eigenvalue weighted by Gasteiger charge is -2.01. The van der Waals surface area contributed by atoms with Gasteiger partial charge in [0.1, 0.15) is 10.8 Å². The van der Waals surface area contributed by atoms with Gasteiger partial charge >= 0.3 is 0 Å². The van der Waals surface area contributed by atoms with Crippen molar-refractivity contribution < 1.29 is 5.11 Å². The van der Waals surface area contributed by atoms with Crippen LogP contribution in [-0.2, 0) is 0 Å². The molecule has 0 saturated heterocycles. The molecule has 0 aliphatic heterocycles. The Hall–Kier alpha value is -0.740. The first-order valence-corrected chi connectivity index (χ1v) is 4.80. The summed E-state index contributed by atoms with van der Waals surface area (Å²) in [7, 11) is 0. The van der Waals surface area contributed by atoms with Crippen LogP contribution in [0.15, 0.2) is 16.6 Å². The Labute approximate surface area is 88.1 Å². The number of hydrogen-bond donors (Lipinski definition) is 1. The predicted molar refractivity (Wildman–Crippen MR) is 54.3 cm³/mol. The second kappa shape index (κ2) is 2.89. The third-order valence-corrected chi connectivity index (χ3v) is 3.12. The zero-order valence-electron chi connectivity index (χ0n) is 6.75. The van der Waals surface area contributed by atoms with Gasteiger partial charge in [0.05, 0.1) is 10.2 Å². The van der Waals surface area contributed by atoms with Crippen LogP contribution in [-0.4, -0.2) is 14.5 Å². The molecular formula is C8H6BrClN2O. The zero-order valence-corrected chi connectivity index (χ0v) is 9.09. The minimum atomic E-state index is 0.0139. The highest BCUT2D eigenvalue weighted by molar-refractivity contribution is 9.10. The highest BCUT2D eigenvalue weighted by Crippen LogP contribution is 2.27. The quantitative estimate of drug-likeness (QED) is 0.741. The molecule has 0 spiro atoms. The largest absolute Gasteiger partial charge is 0.492 e. The molecule has 0 saturated carbocycles. The van der Waals surface area contributed by atoms with Crippen molar-refractivity contribution in [3.05, 3.63) is 27.5 Å². The first-order chi connectivity index (χ1) is 6.11. The third-order valence-electron chi connectivity index (χ3n) is 1.88. The van der Waals surface area contributed by atoms with Crippen molar-refractivity contribution in [2.24, 2.45) is 0 Å². The number of pyridine rings is 1. The standard InChI is InChI=1S/C8H6BrClN2O/c1-4-8(13)11-6-3-2-5(9)7(10)12(4)6/h2-3,13H,1H3. The minimum Gasteiger partial charge on any atom is -0.492 e. The molecular weight excluding hydrogens is 255 g/mol. The highest BCUT2D eigenvalue weighted by atomic mass is 79.9. The number of rotatable bonds is 0. The summed E-state index contributed by atoms with van der Waals surface area (Å²) in [6, 6.07) is 3.58. The van der Waals surface area contributed by atoms with Gasteiger partial charge in [0.2, 0.25) is 5.88 Å². The number of aromatic hydroxyl groups is 1. The van der Waals surface area contributed by atoms with Crippen LogP contribution < -0.4 is 0 Å². The van der Waals surface area contributed by atoms with Crippen molar-refractivity contribution in [2.75, 3.05) is 0 Å². The predicted octanol–water partition coefficient (Wildman–Crippen LogP) is 2.76. The Morgan fingerprint density at radius 3 is 2.92 bits per heavy atom. The maximum absolute atomic E-state index is 9.35. The van der Waals surface area contributed by atoms with E-state index in [0.717, 1.165) is 4.47 Å². The molecule has 0 unspecified atom stereocenters. The van der Waals surface area contributed by atoms with Crippen LogP contribution >= 0.6 is 27.5 Å². The van der Waals surface area contributed by atoms with E-state index in [0.29, 0.717) is 16.5 Å². The minimum absolute atomic E-state index is 0.0139. The van der Waals surface area contributed by atoms with E-state index in [-0.39, 0.29) is 5.88 Å². The van der Waals surface area contributed by atoms with Gasteiger partial charge in [-0.15, -0.1) is 0 Å². The molecule has 2 aromatic heterocycles. The summed E-state index contributed by atoms with van der Waals surface area (Å²) < 4.78 is 2.46. The van der Waals surface area contributed by atoms with Gasteiger partial charge in [0, 0.05) is 0 Å². The SMILES string of the molecule is Cc1c(O)nc2ccc(Br)c(Cl)n12. The molecule has 0 amide bonds. The van der Waals surface area contributed by atoms with Gasteiger partial charge < -0.3 is 5.11 Å². The summed E-state index contributed by atoms with van der Waals surface area (Å²) in [4.78, 5) is 3.93. The molecule has 0 aliphatic carbocycles. The third kappa shape index (κ3) is 1.21. The van der Waals surface area contributed by atoms with Gasteiger partial charge in [-0.1, -0.05) is 11.6 Å². The Bertz CT molecular complexity index is 480. The molecule has 1 N–H and O–H groups in total. The lowest BCUT2D eigenvalue weighted by molar-refractivity contribution is 0.452. The van der Waals surface area contributed by atoms with Crippen LogP contribution in [0.5, 0.6) is 5.88 Å². The second-order valence-corrected chi connectivity index (χ2v) is 3.90. The summed E-state index contributed by atoms with van der Waals surface area (Å²) in [5, 5.41) is 9.87. The summed E-state index contributed by atoms with van der Waals surface area (Å²) in [5.74, 6) is 0.0139. The Morgan fingerprint density at radius 2 is 2.23 bits per heavy atom. The topological polar surface area (TPSA) is 37.5 Å². The monoisotopic (exact) mass is 260 g/mol. The van der Waals surface area contributed by atoms with Gasteiger partial charge in [-0.2, -0.15) is 4.98 Å². The van der Waals surface area contributed by atoms with E-state index in [2.05, 4.69) is 20.9 Å².